The molecule has 1 saturated heterocycles. The molecule has 0 bridgehead atoms. The van der Waals surface area contributed by atoms with Crippen LogP contribution in [-0.4, -0.2) is 56.4 Å². The molecule has 0 aliphatic carbocycles. The lowest BCUT2D eigenvalue weighted by molar-refractivity contribution is -0.144. The molecular weight excluding hydrogens is 513 g/mol. The van der Waals surface area contributed by atoms with E-state index in [1.807, 2.05) is 13.8 Å². The zero-order valence-corrected chi connectivity index (χ0v) is 21.6. The molecule has 1 aliphatic heterocycles. The molecule has 2 aromatic carbocycles. The summed E-state index contributed by atoms with van der Waals surface area (Å²) in [5.74, 6) is -2.04. The Bertz CT molecular complexity index is 1140. The number of nitrogens with one attached hydrogen (secondary N) is 2. The fourth-order valence-corrected chi connectivity index (χ4v) is 5.76. The van der Waals surface area contributed by atoms with Crippen molar-refractivity contribution in [1.29, 1.82) is 0 Å². The summed E-state index contributed by atoms with van der Waals surface area (Å²) in [5, 5.41) is 15.4. The van der Waals surface area contributed by atoms with Gasteiger partial charge in [0.05, 0.1) is 20.5 Å². The number of amides is 3. The summed E-state index contributed by atoms with van der Waals surface area (Å²) in [7, 11) is 0. The highest BCUT2D eigenvalue weighted by Gasteiger charge is 2.45. The van der Waals surface area contributed by atoms with E-state index in [2.05, 4.69) is 10.6 Å². The summed E-state index contributed by atoms with van der Waals surface area (Å²) in [6, 6.07) is 9.37. The molecule has 3 N–H and O–H groups in total. The number of nitrogens with zero attached hydrogens (tertiary/aromatic N) is 1. The van der Waals surface area contributed by atoms with Crippen LogP contribution in [0.25, 0.3) is 0 Å². The number of thioether (sulfide) groups is 1. The molecule has 0 aromatic heterocycles. The van der Waals surface area contributed by atoms with Crippen LogP contribution in [0.1, 0.15) is 36.7 Å². The van der Waals surface area contributed by atoms with Gasteiger partial charge in [0.1, 0.15) is 12.1 Å². The van der Waals surface area contributed by atoms with Crippen LogP contribution in [0, 0.1) is 0 Å². The molecule has 1 unspecified atom stereocenters. The smallest absolute Gasteiger partial charge is 0.326 e. The fraction of sp³-hybridized carbons (Fsp3) is 0.333. The molecule has 3 amide bonds. The highest BCUT2D eigenvalue weighted by molar-refractivity contribution is 8.00. The minimum atomic E-state index is -1.19. The second kappa shape index (κ2) is 10.9. The van der Waals surface area contributed by atoms with Crippen molar-refractivity contribution in [2.45, 2.75) is 44.1 Å². The predicted molar refractivity (Wildman–Crippen MR) is 137 cm³/mol. The Morgan fingerprint density at radius 3 is 2.26 bits per heavy atom. The second-order valence-electron chi connectivity index (χ2n) is 8.51. The van der Waals surface area contributed by atoms with Crippen LogP contribution < -0.4 is 10.6 Å². The van der Waals surface area contributed by atoms with E-state index < -0.39 is 34.7 Å². The maximum Gasteiger partial charge on any atom is 0.326 e. The molecule has 2 atom stereocenters. The molecular formula is C24H25Cl2N3O5S. The van der Waals surface area contributed by atoms with E-state index in [9.17, 15) is 24.3 Å². The number of hydrogen-bond donors (Lipinski definition) is 3. The van der Waals surface area contributed by atoms with Gasteiger partial charge in [-0.15, -0.1) is 11.8 Å². The summed E-state index contributed by atoms with van der Waals surface area (Å²) < 4.78 is 0. The molecule has 1 aliphatic rings. The highest BCUT2D eigenvalue weighted by Crippen LogP contribution is 2.39. The predicted octanol–water partition coefficient (Wildman–Crippen LogP) is 4.06. The number of carbonyl (C=O) groups is 4. The average Bonchev–Trinajstić information content (AvgIpc) is 3.09. The summed E-state index contributed by atoms with van der Waals surface area (Å²) in [6.07, 6.45) is 0.0228. The summed E-state index contributed by atoms with van der Waals surface area (Å²) in [5.41, 5.74) is 1.26. The normalized spacial score (nSPS) is 17.5. The summed E-state index contributed by atoms with van der Waals surface area (Å²) in [4.78, 5) is 50.3. The number of halogens is 2. The second-order valence-corrected chi connectivity index (χ2v) is 10.9. The van der Waals surface area contributed by atoms with Gasteiger partial charge in [0.25, 0.3) is 5.91 Å². The van der Waals surface area contributed by atoms with E-state index in [-0.39, 0.29) is 27.9 Å². The van der Waals surface area contributed by atoms with Crippen LogP contribution in [0.4, 0.5) is 5.69 Å². The largest absolute Gasteiger partial charge is 0.480 e. The van der Waals surface area contributed by atoms with Crippen molar-refractivity contribution in [3.63, 3.8) is 0 Å². The summed E-state index contributed by atoms with van der Waals surface area (Å²) >= 11 is 13.6. The maximum atomic E-state index is 12.9. The Hall–Kier alpha value is -2.75. The van der Waals surface area contributed by atoms with Crippen LogP contribution >= 0.6 is 35.0 Å². The van der Waals surface area contributed by atoms with Crippen molar-refractivity contribution in [3.05, 3.63) is 63.6 Å². The first-order valence-corrected chi connectivity index (χ1v) is 12.5. The van der Waals surface area contributed by atoms with Crippen LogP contribution in [0.5, 0.6) is 0 Å². The molecule has 0 spiro atoms. The third kappa shape index (κ3) is 6.28. The highest BCUT2D eigenvalue weighted by atomic mass is 35.5. The van der Waals surface area contributed by atoms with E-state index in [4.69, 9.17) is 23.2 Å². The topological polar surface area (TPSA) is 116 Å². The molecule has 186 valence electrons. The number of rotatable bonds is 7. The van der Waals surface area contributed by atoms with Crippen LogP contribution in [0.3, 0.4) is 0 Å². The Balaban J connectivity index is 1.67. The molecule has 1 fully saturated rings. The number of hydrogen-bond acceptors (Lipinski definition) is 5. The van der Waals surface area contributed by atoms with Crippen molar-refractivity contribution in [1.82, 2.24) is 10.2 Å². The van der Waals surface area contributed by atoms with Gasteiger partial charge in [0, 0.05) is 24.8 Å². The number of aliphatic carboxylic acids is 1. The van der Waals surface area contributed by atoms with Crippen molar-refractivity contribution >= 4 is 64.3 Å². The lowest BCUT2D eigenvalue weighted by Gasteiger charge is -2.33. The molecule has 1 heterocycles. The van der Waals surface area contributed by atoms with E-state index in [0.29, 0.717) is 17.0 Å². The Morgan fingerprint density at radius 2 is 1.71 bits per heavy atom. The first-order valence-electron chi connectivity index (χ1n) is 10.7. The lowest BCUT2D eigenvalue weighted by Crippen LogP contribution is -2.55. The first kappa shape index (κ1) is 26.8. The molecule has 11 heteroatoms. The van der Waals surface area contributed by atoms with E-state index in [1.165, 1.54) is 23.6 Å². The first-order chi connectivity index (χ1) is 16.4. The van der Waals surface area contributed by atoms with E-state index >= 15 is 0 Å². The Labute approximate surface area is 217 Å². The molecule has 0 radical (unpaired) electrons. The molecule has 8 nitrogen and oxygen atoms in total. The van der Waals surface area contributed by atoms with Crippen molar-refractivity contribution < 1.29 is 24.3 Å². The van der Waals surface area contributed by atoms with Gasteiger partial charge in [-0.1, -0.05) is 41.4 Å². The van der Waals surface area contributed by atoms with E-state index in [1.54, 1.807) is 42.5 Å². The Kier molecular flexibility index (Phi) is 8.35. The van der Waals surface area contributed by atoms with E-state index in [0.717, 1.165) is 0 Å². The number of carboxylic acids is 1. The van der Waals surface area contributed by atoms with Gasteiger partial charge in [-0.25, -0.2) is 4.79 Å². The third-order valence-corrected chi connectivity index (χ3v) is 7.60. The average molecular weight is 538 g/mol. The van der Waals surface area contributed by atoms with Gasteiger partial charge in [-0.3, -0.25) is 14.4 Å². The van der Waals surface area contributed by atoms with Crippen molar-refractivity contribution in [2.75, 3.05) is 11.1 Å². The summed E-state index contributed by atoms with van der Waals surface area (Å²) in [6.45, 7) is 5.09. The third-order valence-electron chi connectivity index (χ3n) is 5.58. The number of carboxylic acid groups (broad SMARTS) is 1. The molecule has 35 heavy (non-hydrogen) atoms. The van der Waals surface area contributed by atoms with Crippen molar-refractivity contribution in [3.8, 4) is 0 Å². The fourth-order valence-electron chi connectivity index (χ4n) is 3.93. The SMILES string of the molecule is CC(=O)N1[C@@H](C(=O)NC(Cc2ccc(NC(=O)c3c(Cl)cccc3Cl)cc2)C(=O)O)CSC1(C)C. The number of benzene rings is 2. The minimum absolute atomic E-state index is 0.0228. The van der Waals surface area contributed by atoms with Crippen LogP contribution in [-0.2, 0) is 20.8 Å². The van der Waals surface area contributed by atoms with Crippen molar-refractivity contribution in [2.24, 2.45) is 0 Å². The minimum Gasteiger partial charge on any atom is -0.480 e. The Morgan fingerprint density at radius 1 is 1.11 bits per heavy atom. The van der Waals surface area contributed by atoms with Gasteiger partial charge in [-0.2, -0.15) is 0 Å². The van der Waals surface area contributed by atoms with Gasteiger partial charge in [-0.05, 0) is 43.7 Å². The van der Waals surface area contributed by atoms with Crippen LogP contribution in [0.15, 0.2) is 42.5 Å². The zero-order valence-electron chi connectivity index (χ0n) is 19.3. The van der Waals surface area contributed by atoms with Crippen LogP contribution in [0.2, 0.25) is 10.0 Å². The van der Waals surface area contributed by atoms with Gasteiger partial charge < -0.3 is 20.6 Å². The quantitative estimate of drug-likeness (QED) is 0.490. The number of carbonyl (C=O) groups excluding carboxylic acids is 3. The molecule has 0 saturated carbocycles. The van der Waals surface area contributed by atoms with Gasteiger partial charge >= 0.3 is 5.97 Å². The van der Waals surface area contributed by atoms with Gasteiger partial charge in [0.15, 0.2) is 0 Å². The maximum absolute atomic E-state index is 12.9. The molecule has 2 aromatic rings. The van der Waals surface area contributed by atoms with Gasteiger partial charge in [0.2, 0.25) is 11.8 Å². The lowest BCUT2D eigenvalue weighted by atomic mass is 10.0. The standard InChI is InChI=1S/C24H25Cl2N3O5S/c1-13(30)29-19(12-35-24(29,2)3)21(31)28-18(23(33)34)11-14-7-9-15(10-8-14)27-22(32)20-16(25)5-4-6-17(20)26/h4-10,18-19H,11-12H2,1-3H3,(H,27,32)(H,28,31)(H,33,34)/t18?,19-/m1/s1. The zero-order chi connectivity index (χ0) is 25.9. The number of anilines is 1. The monoisotopic (exact) mass is 537 g/mol. The molecule has 3 rings (SSSR count).